The molecule has 1 saturated heterocycles. The molecule has 0 amide bonds. The van der Waals surface area contributed by atoms with E-state index in [1.807, 2.05) is 0 Å². The molecule has 3 heterocycles. The lowest BCUT2D eigenvalue weighted by atomic mass is 10.0. The molecule has 1 aliphatic heterocycles. The summed E-state index contributed by atoms with van der Waals surface area (Å²) in [5.41, 5.74) is -0.204. The molecule has 0 atom stereocenters. The maximum atomic E-state index is 13.6. The topological polar surface area (TPSA) is 51.4 Å². The quantitative estimate of drug-likeness (QED) is 0.705. The first-order valence-electron chi connectivity index (χ1n) is 7.77. The maximum absolute atomic E-state index is 13.6. The predicted octanol–water partition coefficient (Wildman–Crippen LogP) is 3.75. The number of rotatable bonds is 2. The number of ether oxygens (including phenoxy) is 1. The minimum atomic E-state index is -4.60. The number of morpholine rings is 1. The molecule has 0 radical (unpaired) electrons. The van der Waals surface area contributed by atoms with Crippen molar-refractivity contribution in [3.05, 3.63) is 42.4 Å². The van der Waals surface area contributed by atoms with E-state index in [-0.39, 0.29) is 11.5 Å². The van der Waals surface area contributed by atoms with Crippen molar-refractivity contribution in [3.8, 4) is 11.1 Å². The Morgan fingerprint density at radius 3 is 2.56 bits per heavy atom. The van der Waals surface area contributed by atoms with Gasteiger partial charge in [0.2, 0.25) is 5.95 Å². The minimum absolute atomic E-state index is 0.0622. The molecule has 5 nitrogen and oxygen atoms in total. The van der Waals surface area contributed by atoms with Gasteiger partial charge in [-0.15, -0.1) is 0 Å². The van der Waals surface area contributed by atoms with Crippen LogP contribution < -0.4 is 4.90 Å². The third-order valence-electron chi connectivity index (χ3n) is 4.11. The Labute approximate surface area is 141 Å². The standard InChI is InChI=1S/C17H14F3N3O2/c18-17(19,20)15-12(13-10-25-14-4-2-1-3-11(13)14)9-21-16(22-15)23-5-7-24-8-6-23/h1-4,9-10H,5-8H2. The van der Waals surface area contributed by atoms with Gasteiger partial charge in [-0.1, -0.05) is 18.2 Å². The van der Waals surface area contributed by atoms with E-state index in [0.717, 1.165) is 0 Å². The van der Waals surface area contributed by atoms with E-state index < -0.39 is 11.9 Å². The third kappa shape index (κ3) is 2.93. The van der Waals surface area contributed by atoms with Crippen molar-refractivity contribution in [2.45, 2.75) is 6.18 Å². The number of nitrogens with zero attached hydrogens (tertiary/aromatic N) is 3. The first kappa shape index (κ1) is 15.9. The molecule has 2 aromatic heterocycles. The molecule has 1 aromatic carbocycles. The van der Waals surface area contributed by atoms with E-state index in [4.69, 9.17) is 9.15 Å². The first-order chi connectivity index (χ1) is 12.0. The van der Waals surface area contributed by atoms with Gasteiger partial charge < -0.3 is 14.1 Å². The Morgan fingerprint density at radius 2 is 1.80 bits per heavy atom. The highest BCUT2D eigenvalue weighted by Crippen LogP contribution is 2.39. The van der Waals surface area contributed by atoms with E-state index >= 15 is 0 Å². The zero-order valence-corrected chi connectivity index (χ0v) is 13.1. The van der Waals surface area contributed by atoms with Gasteiger partial charge in [-0.2, -0.15) is 13.2 Å². The molecular formula is C17H14F3N3O2. The van der Waals surface area contributed by atoms with Gasteiger partial charge >= 0.3 is 6.18 Å². The van der Waals surface area contributed by atoms with Crippen molar-refractivity contribution in [3.63, 3.8) is 0 Å². The molecule has 0 bridgehead atoms. The summed E-state index contributed by atoms with van der Waals surface area (Å²) >= 11 is 0. The monoisotopic (exact) mass is 349 g/mol. The lowest BCUT2D eigenvalue weighted by Crippen LogP contribution is -2.37. The van der Waals surface area contributed by atoms with Crippen molar-refractivity contribution in [2.24, 2.45) is 0 Å². The van der Waals surface area contributed by atoms with Gasteiger partial charge in [-0.25, -0.2) is 9.97 Å². The van der Waals surface area contributed by atoms with Gasteiger partial charge in [0, 0.05) is 35.8 Å². The summed E-state index contributed by atoms with van der Waals surface area (Å²) in [6.07, 6.45) is -2.07. The van der Waals surface area contributed by atoms with E-state index in [2.05, 4.69) is 9.97 Å². The average Bonchev–Trinajstić information content (AvgIpc) is 3.05. The summed E-state index contributed by atoms with van der Waals surface area (Å²) in [6.45, 7) is 1.81. The van der Waals surface area contributed by atoms with Crippen LogP contribution in [-0.2, 0) is 10.9 Å². The second kappa shape index (κ2) is 6.03. The molecule has 0 spiro atoms. The van der Waals surface area contributed by atoms with Crippen LogP contribution in [0.15, 0.2) is 41.1 Å². The zero-order chi connectivity index (χ0) is 17.4. The number of hydrogen-bond donors (Lipinski definition) is 0. The maximum Gasteiger partial charge on any atom is 0.434 e. The van der Waals surface area contributed by atoms with Crippen LogP contribution in [0, 0.1) is 0 Å². The van der Waals surface area contributed by atoms with Gasteiger partial charge in [0.15, 0.2) is 5.69 Å². The summed E-state index contributed by atoms with van der Waals surface area (Å²) in [5.74, 6) is 0.0622. The van der Waals surface area contributed by atoms with Crippen LogP contribution in [0.2, 0.25) is 0 Å². The number of halogens is 3. The summed E-state index contributed by atoms with van der Waals surface area (Å²) in [4.78, 5) is 9.67. The van der Waals surface area contributed by atoms with Crippen LogP contribution in [0.1, 0.15) is 5.69 Å². The number of aromatic nitrogens is 2. The van der Waals surface area contributed by atoms with Crippen LogP contribution in [0.5, 0.6) is 0 Å². The minimum Gasteiger partial charge on any atom is -0.464 e. The van der Waals surface area contributed by atoms with Crippen LogP contribution in [-0.4, -0.2) is 36.3 Å². The lowest BCUT2D eigenvalue weighted by molar-refractivity contribution is -0.140. The summed E-state index contributed by atoms with van der Waals surface area (Å²) < 4.78 is 51.5. The Bertz CT molecular complexity index is 902. The Morgan fingerprint density at radius 1 is 1.04 bits per heavy atom. The SMILES string of the molecule is FC(F)(F)c1nc(N2CCOCC2)ncc1-c1coc2ccccc12. The smallest absolute Gasteiger partial charge is 0.434 e. The fourth-order valence-electron chi connectivity index (χ4n) is 2.89. The molecule has 0 unspecified atom stereocenters. The molecule has 8 heteroatoms. The van der Waals surface area contributed by atoms with Crippen LogP contribution in [0.25, 0.3) is 22.1 Å². The lowest BCUT2D eigenvalue weighted by Gasteiger charge is -2.27. The second-order valence-electron chi connectivity index (χ2n) is 5.68. The summed E-state index contributed by atoms with van der Waals surface area (Å²) in [5, 5.41) is 0.593. The number of para-hydroxylation sites is 1. The van der Waals surface area contributed by atoms with Crippen molar-refractivity contribution in [1.29, 1.82) is 0 Å². The van der Waals surface area contributed by atoms with Crippen molar-refractivity contribution in [2.75, 3.05) is 31.2 Å². The largest absolute Gasteiger partial charge is 0.464 e. The normalized spacial score (nSPS) is 15.7. The molecule has 3 aromatic rings. The molecule has 0 aliphatic carbocycles. The Balaban J connectivity index is 1.84. The Hall–Kier alpha value is -2.61. The molecule has 130 valence electrons. The highest BCUT2D eigenvalue weighted by molar-refractivity contribution is 5.94. The summed E-state index contributed by atoms with van der Waals surface area (Å²) in [6, 6.07) is 6.93. The van der Waals surface area contributed by atoms with Gasteiger partial charge in [-0.3, -0.25) is 0 Å². The molecular weight excluding hydrogens is 335 g/mol. The molecule has 4 rings (SSSR count). The van der Waals surface area contributed by atoms with Gasteiger partial charge in [0.1, 0.15) is 5.58 Å². The van der Waals surface area contributed by atoms with E-state index in [1.165, 1.54) is 12.5 Å². The number of anilines is 1. The second-order valence-corrected chi connectivity index (χ2v) is 5.68. The molecule has 0 N–H and O–H groups in total. The van der Waals surface area contributed by atoms with Crippen LogP contribution >= 0.6 is 0 Å². The zero-order valence-electron chi connectivity index (χ0n) is 13.1. The number of alkyl halides is 3. The molecule has 1 aliphatic rings. The average molecular weight is 349 g/mol. The molecule has 0 saturated carbocycles. The van der Waals surface area contributed by atoms with Crippen LogP contribution in [0.4, 0.5) is 19.1 Å². The van der Waals surface area contributed by atoms with Crippen molar-refractivity contribution in [1.82, 2.24) is 9.97 Å². The highest BCUT2D eigenvalue weighted by Gasteiger charge is 2.37. The fourth-order valence-corrected chi connectivity index (χ4v) is 2.89. The van der Waals surface area contributed by atoms with E-state index in [0.29, 0.717) is 42.8 Å². The van der Waals surface area contributed by atoms with Gasteiger partial charge in [-0.05, 0) is 6.07 Å². The van der Waals surface area contributed by atoms with Gasteiger partial charge in [0.05, 0.1) is 19.5 Å². The van der Waals surface area contributed by atoms with Crippen molar-refractivity contribution < 1.29 is 22.3 Å². The summed E-state index contributed by atoms with van der Waals surface area (Å²) in [7, 11) is 0. The van der Waals surface area contributed by atoms with Crippen LogP contribution in [0.3, 0.4) is 0 Å². The molecule has 1 fully saturated rings. The van der Waals surface area contributed by atoms with Crippen molar-refractivity contribution >= 4 is 16.9 Å². The number of fused-ring (bicyclic) bond motifs is 1. The Kier molecular flexibility index (Phi) is 3.84. The highest BCUT2D eigenvalue weighted by atomic mass is 19.4. The number of furan rings is 1. The fraction of sp³-hybridized carbons (Fsp3) is 0.294. The predicted molar refractivity (Wildman–Crippen MR) is 85.3 cm³/mol. The number of hydrogen-bond acceptors (Lipinski definition) is 5. The third-order valence-corrected chi connectivity index (χ3v) is 4.11. The van der Waals surface area contributed by atoms with E-state index in [1.54, 1.807) is 29.2 Å². The van der Waals surface area contributed by atoms with Gasteiger partial charge in [0.25, 0.3) is 0 Å². The first-order valence-corrected chi connectivity index (χ1v) is 7.77. The van der Waals surface area contributed by atoms with E-state index in [9.17, 15) is 13.2 Å². The number of benzene rings is 1. The molecule has 25 heavy (non-hydrogen) atoms.